The van der Waals surface area contributed by atoms with Crippen LogP contribution in [0.3, 0.4) is 0 Å². The second kappa shape index (κ2) is 54.5. The van der Waals surface area contributed by atoms with Crippen molar-refractivity contribution in [3.05, 3.63) is 0 Å². The molecule has 0 aromatic rings. The zero-order valence-corrected chi connectivity index (χ0v) is 52.1. The van der Waals surface area contributed by atoms with Gasteiger partial charge >= 0.3 is 0 Å². The summed E-state index contributed by atoms with van der Waals surface area (Å²) >= 11 is 0. The highest BCUT2D eigenvalue weighted by Crippen LogP contribution is 2.60. The van der Waals surface area contributed by atoms with Gasteiger partial charge in [-0.2, -0.15) is 0 Å². The van der Waals surface area contributed by atoms with Gasteiger partial charge in [-0.05, 0) is 76.0 Å². The Morgan fingerprint density at radius 3 is 0.520 bits per heavy atom. The molecule has 2 rings (SSSR count). The first-order valence-electron chi connectivity index (χ1n) is 36.1. The molecule has 0 heterocycles. The van der Waals surface area contributed by atoms with Gasteiger partial charge in [-0.15, -0.1) is 0 Å². The largest absolute Gasteiger partial charge is 0.396 e. The van der Waals surface area contributed by atoms with Crippen molar-refractivity contribution in [1.82, 2.24) is 0 Å². The first kappa shape index (κ1) is 71.0. The summed E-state index contributed by atoms with van der Waals surface area (Å²) in [5, 5.41) is 18.0. The van der Waals surface area contributed by atoms with E-state index in [0.29, 0.717) is 13.2 Å². The molecule has 2 unspecified atom stereocenters. The zero-order chi connectivity index (χ0) is 53.5. The fourth-order valence-corrected chi connectivity index (χ4v) is 13.6. The van der Waals surface area contributed by atoms with Gasteiger partial charge in [-0.25, -0.2) is 0 Å². The molecule has 2 atom stereocenters. The topological polar surface area (TPSA) is 49.7 Å². The summed E-state index contributed by atoms with van der Waals surface area (Å²) in [6.45, 7) is 5.39. The molecule has 2 aliphatic carbocycles. The summed E-state index contributed by atoms with van der Waals surface area (Å²) < 4.78 is 7.84. The van der Waals surface area contributed by atoms with Gasteiger partial charge in [0.2, 0.25) is 0 Å². The molecule has 2 fully saturated rings. The molecular formula is C72H142O3. The van der Waals surface area contributed by atoms with E-state index in [-0.39, 0.29) is 11.2 Å². The Hall–Kier alpha value is -0.120. The lowest BCUT2D eigenvalue weighted by Crippen LogP contribution is -2.37. The lowest BCUT2D eigenvalue weighted by Gasteiger charge is -2.36. The SMILES string of the molecule is CCCCCCCCCCCCCCCCC(CCCCCCCCCCCCCCCCO)C1(OC2(C(CCCCCCCCCCCCCCCC)CCCCCCCCCCCCCCCCO)CC2)CC1. The molecule has 0 aliphatic heterocycles. The Morgan fingerprint density at radius 2 is 0.373 bits per heavy atom. The van der Waals surface area contributed by atoms with Crippen molar-refractivity contribution in [1.29, 1.82) is 0 Å². The molecule has 0 aromatic heterocycles. The minimum absolute atomic E-state index is 0.222. The van der Waals surface area contributed by atoms with Crippen LogP contribution in [0.25, 0.3) is 0 Å². The van der Waals surface area contributed by atoms with E-state index in [1.807, 2.05) is 0 Å². The highest BCUT2D eigenvalue weighted by atomic mass is 16.5. The summed E-state index contributed by atoms with van der Waals surface area (Å²) in [7, 11) is 0. The van der Waals surface area contributed by atoms with Gasteiger partial charge < -0.3 is 14.9 Å². The van der Waals surface area contributed by atoms with Gasteiger partial charge in [-0.3, -0.25) is 0 Å². The van der Waals surface area contributed by atoms with Crippen LogP contribution >= 0.6 is 0 Å². The summed E-state index contributed by atoms with van der Waals surface area (Å²) in [5.41, 5.74) is 0.444. The van der Waals surface area contributed by atoms with Crippen molar-refractivity contribution in [2.45, 2.75) is 436 Å². The van der Waals surface area contributed by atoms with Crippen LogP contribution in [0, 0.1) is 11.8 Å². The predicted octanol–water partition coefficient (Wildman–Crippen LogP) is 24.7. The van der Waals surface area contributed by atoms with E-state index in [0.717, 1.165) is 24.7 Å². The van der Waals surface area contributed by atoms with Crippen LogP contribution in [0.4, 0.5) is 0 Å². The summed E-state index contributed by atoms with van der Waals surface area (Å²) in [6, 6.07) is 0. The fourth-order valence-electron chi connectivity index (χ4n) is 13.6. The van der Waals surface area contributed by atoms with Gasteiger partial charge in [0.15, 0.2) is 0 Å². The molecule has 3 nitrogen and oxygen atoms in total. The first-order valence-corrected chi connectivity index (χ1v) is 36.1. The third-order valence-electron chi connectivity index (χ3n) is 19.1. The second-order valence-electron chi connectivity index (χ2n) is 26.3. The number of aliphatic hydroxyl groups is 2. The average molecular weight is 1060 g/mol. The highest BCUT2D eigenvalue weighted by Gasteiger charge is 2.60. The number of hydrogen-bond acceptors (Lipinski definition) is 3. The molecule has 0 saturated heterocycles. The summed E-state index contributed by atoms with van der Waals surface area (Å²) in [4.78, 5) is 0. The van der Waals surface area contributed by atoms with Crippen molar-refractivity contribution in [3.8, 4) is 0 Å². The number of hydrogen-bond donors (Lipinski definition) is 2. The Balaban J connectivity index is 1.86. The smallest absolute Gasteiger partial charge is 0.0720 e. The third-order valence-corrected chi connectivity index (χ3v) is 19.1. The van der Waals surface area contributed by atoms with Crippen molar-refractivity contribution >= 4 is 0 Å². The maximum Gasteiger partial charge on any atom is 0.0720 e. The van der Waals surface area contributed by atoms with E-state index < -0.39 is 0 Å². The Labute approximate surface area is 473 Å². The van der Waals surface area contributed by atoms with Crippen LogP contribution in [0.2, 0.25) is 0 Å². The average Bonchev–Trinajstić information content (AvgIpc) is 4.37. The highest BCUT2D eigenvalue weighted by molar-refractivity contribution is 5.10. The lowest BCUT2D eigenvalue weighted by atomic mass is 9.85. The van der Waals surface area contributed by atoms with Gasteiger partial charge in [-0.1, -0.05) is 361 Å². The Morgan fingerprint density at radius 1 is 0.227 bits per heavy atom. The van der Waals surface area contributed by atoms with Crippen molar-refractivity contribution in [3.63, 3.8) is 0 Å². The van der Waals surface area contributed by atoms with E-state index in [2.05, 4.69) is 13.8 Å². The minimum atomic E-state index is 0.222. The van der Waals surface area contributed by atoms with Gasteiger partial charge in [0.25, 0.3) is 0 Å². The molecule has 0 aromatic carbocycles. The van der Waals surface area contributed by atoms with Crippen LogP contribution in [-0.4, -0.2) is 34.6 Å². The standard InChI is InChI=1S/C72H142O3/c1-3-5-7-9-11-13-15-17-23-29-35-41-47-53-59-69(61-55-49-43-37-31-25-19-21-27-33-39-45-51-57-67-73)71(63-64-71)75-72(65-66-72)70(60-54-48-42-36-30-24-18-16-14-12-10-8-6-4-2)62-56-50-44-38-32-26-20-22-28-34-40-46-52-58-68-74/h69-70,73-74H,3-68H2,1-2H3. The first-order chi connectivity index (χ1) is 37.2. The molecule has 3 heteroatoms. The number of rotatable bonds is 66. The summed E-state index contributed by atoms with van der Waals surface area (Å²) in [6.07, 6.45) is 90.4. The van der Waals surface area contributed by atoms with Crippen LogP contribution < -0.4 is 0 Å². The Bertz CT molecular complexity index is 1010. The van der Waals surface area contributed by atoms with Crippen LogP contribution in [-0.2, 0) is 4.74 Å². The molecule has 448 valence electrons. The molecule has 2 N–H and O–H groups in total. The minimum Gasteiger partial charge on any atom is -0.396 e. The zero-order valence-electron chi connectivity index (χ0n) is 52.1. The van der Waals surface area contributed by atoms with Crippen molar-refractivity contribution in [2.24, 2.45) is 11.8 Å². The lowest BCUT2D eigenvalue weighted by molar-refractivity contribution is -0.111. The monoisotopic (exact) mass is 1060 g/mol. The van der Waals surface area contributed by atoms with E-state index in [9.17, 15) is 0 Å². The van der Waals surface area contributed by atoms with Crippen LogP contribution in [0.15, 0.2) is 0 Å². The molecule has 2 saturated carbocycles. The maximum atomic E-state index is 9.02. The second-order valence-corrected chi connectivity index (χ2v) is 26.3. The molecular weight excluding hydrogens is 913 g/mol. The van der Waals surface area contributed by atoms with E-state index in [1.165, 1.54) is 398 Å². The molecule has 75 heavy (non-hydrogen) atoms. The van der Waals surface area contributed by atoms with Crippen molar-refractivity contribution < 1.29 is 14.9 Å². The van der Waals surface area contributed by atoms with Crippen LogP contribution in [0.1, 0.15) is 425 Å². The molecule has 0 amide bonds. The third kappa shape index (κ3) is 43.3. The van der Waals surface area contributed by atoms with Crippen LogP contribution in [0.5, 0.6) is 0 Å². The fraction of sp³-hybridized carbons (Fsp3) is 1.00. The van der Waals surface area contributed by atoms with E-state index in [4.69, 9.17) is 14.9 Å². The quantitative estimate of drug-likeness (QED) is 0.0597. The number of aliphatic hydroxyl groups excluding tert-OH is 2. The van der Waals surface area contributed by atoms with E-state index >= 15 is 0 Å². The van der Waals surface area contributed by atoms with Crippen molar-refractivity contribution in [2.75, 3.05) is 13.2 Å². The van der Waals surface area contributed by atoms with Gasteiger partial charge in [0.1, 0.15) is 0 Å². The molecule has 0 spiro atoms. The number of ether oxygens (including phenoxy) is 1. The molecule has 0 radical (unpaired) electrons. The molecule has 2 aliphatic rings. The van der Waals surface area contributed by atoms with E-state index in [1.54, 1.807) is 0 Å². The number of unbranched alkanes of at least 4 members (excludes halogenated alkanes) is 52. The summed E-state index contributed by atoms with van der Waals surface area (Å²) in [5.74, 6) is 1.60. The Kier molecular flexibility index (Phi) is 51.6. The van der Waals surface area contributed by atoms with Gasteiger partial charge in [0.05, 0.1) is 11.2 Å². The molecule has 0 bridgehead atoms. The maximum absolute atomic E-state index is 9.02. The normalized spacial score (nSPS) is 15.5. The van der Waals surface area contributed by atoms with Gasteiger partial charge in [0, 0.05) is 13.2 Å². The predicted molar refractivity (Wildman–Crippen MR) is 335 cm³/mol.